The van der Waals surface area contributed by atoms with Crippen molar-refractivity contribution < 1.29 is 9.53 Å². The summed E-state index contributed by atoms with van der Waals surface area (Å²) in [6, 6.07) is 9.91. The molecule has 2 heterocycles. The smallest absolute Gasteiger partial charge is 0.232 e. The summed E-state index contributed by atoms with van der Waals surface area (Å²) in [6.45, 7) is 2.46. The highest BCUT2D eigenvalue weighted by Crippen LogP contribution is 2.28. The molecule has 0 aliphatic heterocycles. The van der Waals surface area contributed by atoms with Gasteiger partial charge in [0.2, 0.25) is 5.91 Å². The van der Waals surface area contributed by atoms with Crippen LogP contribution in [0.4, 0.5) is 0 Å². The minimum Gasteiger partial charge on any atom is -0.497 e. The molecular formula is C18H19N5O2S. The Kier molecular flexibility index (Phi) is 5.28. The Labute approximate surface area is 155 Å². The van der Waals surface area contributed by atoms with Crippen molar-refractivity contribution in [1.29, 1.82) is 5.26 Å². The maximum Gasteiger partial charge on any atom is 0.232 e. The summed E-state index contributed by atoms with van der Waals surface area (Å²) in [7, 11) is 3.33. The number of nitriles is 1. The zero-order valence-electron chi connectivity index (χ0n) is 14.9. The molecule has 0 atom stereocenters. The molecule has 0 aliphatic rings. The number of methoxy groups -OCH3 is 1. The fourth-order valence-electron chi connectivity index (χ4n) is 2.70. The maximum absolute atomic E-state index is 12.2. The number of ether oxygens (including phenoxy) is 1. The molecule has 2 aromatic heterocycles. The number of carbonyl (C=O) groups excluding carboxylic acids is 1. The van der Waals surface area contributed by atoms with Crippen LogP contribution in [0, 0.1) is 18.3 Å². The van der Waals surface area contributed by atoms with Crippen LogP contribution in [-0.4, -0.2) is 51.9 Å². The monoisotopic (exact) mass is 369 g/mol. The van der Waals surface area contributed by atoms with Gasteiger partial charge in [-0.25, -0.2) is 0 Å². The predicted octanol–water partition coefficient (Wildman–Crippen LogP) is 2.66. The van der Waals surface area contributed by atoms with E-state index >= 15 is 0 Å². The topological polar surface area (TPSA) is 83.5 Å². The highest BCUT2D eigenvalue weighted by molar-refractivity contribution is 7.99. The van der Waals surface area contributed by atoms with Crippen molar-refractivity contribution in [3.8, 4) is 11.8 Å². The molecule has 3 aromatic rings. The molecule has 0 aliphatic carbocycles. The lowest BCUT2D eigenvalue weighted by atomic mass is 10.1. The third-order valence-corrected chi connectivity index (χ3v) is 5.10. The largest absolute Gasteiger partial charge is 0.497 e. The number of fused-ring (bicyclic) bond motifs is 3. The van der Waals surface area contributed by atoms with Gasteiger partial charge in [0.05, 0.1) is 30.9 Å². The number of hydrogen-bond acceptors (Lipinski definition) is 6. The van der Waals surface area contributed by atoms with Gasteiger partial charge in [0.25, 0.3) is 0 Å². The van der Waals surface area contributed by atoms with Crippen LogP contribution in [0.3, 0.4) is 0 Å². The molecule has 0 saturated heterocycles. The first-order chi connectivity index (χ1) is 12.5. The van der Waals surface area contributed by atoms with E-state index < -0.39 is 0 Å². The Hall–Kier alpha value is -2.79. The molecule has 1 amide bonds. The molecule has 26 heavy (non-hydrogen) atoms. The highest BCUT2D eigenvalue weighted by Gasteiger charge is 2.15. The van der Waals surface area contributed by atoms with Gasteiger partial charge in [0.15, 0.2) is 10.8 Å². The molecule has 0 spiro atoms. The minimum atomic E-state index is -0.0454. The molecule has 7 nitrogen and oxygen atoms in total. The number of rotatable bonds is 6. The van der Waals surface area contributed by atoms with Gasteiger partial charge in [0, 0.05) is 25.0 Å². The van der Waals surface area contributed by atoms with Crippen molar-refractivity contribution >= 4 is 34.2 Å². The molecule has 3 rings (SSSR count). The lowest BCUT2D eigenvalue weighted by Crippen LogP contribution is -2.29. The van der Waals surface area contributed by atoms with E-state index in [1.165, 1.54) is 11.8 Å². The Balaban J connectivity index is 1.93. The van der Waals surface area contributed by atoms with Gasteiger partial charge in [-0.3, -0.25) is 9.20 Å². The summed E-state index contributed by atoms with van der Waals surface area (Å²) in [4.78, 5) is 13.8. The summed E-state index contributed by atoms with van der Waals surface area (Å²) in [6.07, 6.45) is 0.324. The van der Waals surface area contributed by atoms with Crippen LogP contribution < -0.4 is 4.74 Å². The van der Waals surface area contributed by atoms with E-state index in [0.29, 0.717) is 18.1 Å². The number of carbonyl (C=O) groups is 1. The first-order valence-electron chi connectivity index (χ1n) is 8.11. The van der Waals surface area contributed by atoms with E-state index in [9.17, 15) is 4.79 Å². The second-order valence-electron chi connectivity index (χ2n) is 5.90. The number of nitrogens with zero attached hydrogens (tertiary/aromatic N) is 5. The quantitative estimate of drug-likeness (QED) is 0.621. The van der Waals surface area contributed by atoms with Gasteiger partial charge in [-0.1, -0.05) is 11.8 Å². The van der Waals surface area contributed by atoms with Crippen molar-refractivity contribution in [2.75, 3.05) is 26.5 Å². The molecule has 0 fully saturated rings. The highest BCUT2D eigenvalue weighted by atomic mass is 32.2. The van der Waals surface area contributed by atoms with Crippen LogP contribution in [-0.2, 0) is 4.79 Å². The third-order valence-electron chi connectivity index (χ3n) is 4.18. The average molecular weight is 369 g/mol. The van der Waals surface area contributed by atoms with Gasteiger partial charge in [-0.2, -0.15) is 5.26 Å². The van der Waals surface area contributed by atoms with Crippen molar-refractivity contribution in [3.63, 3.8) is 0 Å². The normalized spacial score (nSPS) is 10.8. The summed E-state index contributed by atoms with van der Waals surface area (Å²) in [5.41, 5.74) is 2.78. The van der Waals surface area contributed by atoms with E-state index in [1.54, 1.807) is 19.1 Å². The fraction of sp³-hybridized carbons (Fsp3) is 0.333. The lowest BCUT2D eigenvalue weighted by molar-refractivity contribution is -0.127. The molecule has 8 heteroatoms. The first kappa shape index (κ1) is 18.0. The second-order valence-corrected chi connectivity index (χ2v) is 6.84. The third kappa shape index (κ3) is 3.44. The average Bonchev–Trinajstić information content (AvgIpc) is 3.06. The van der Waals surface area contributed by atoms with Crippen molar-refractivity contribution in [3.05, 3.63) is 29.8 Å². The maximum atomic E-state index is 12.2. The standard InChI is InChI=1S/C18H19N5O2S/c1-12-9-16-20-21-18(26-11-17(24)22(2)8-4-7-19)23(16)15-10-13(25-3)5-6-14(12)15/h5-6,9-10H,4,8,11H2,1-3H3. The number of amides is 1. The Bertz CT molecular complexity index is 1010. The van der Waals surface area contributed by atoms with E-state index in [4.69, 9.17) is 10.00 Å². The van der Waals surface area contributed by atoms with Gasteiger partial charge in [-0.05, 0) is 30.7 Å². The number of benzene rings is 1. The summed E-state index contributed by atoms with van der Waals surface area (Å²) in [5.74, 6) is 0.944. The molecule has 0 unspecified atom stereocenters. The second kappa shape index (κ2) is 7.62. The first-order valence-corrected chi connectivity index (χ1v) is 9.10. The van der Waals surface area contributed by atoms with Crippen LogP contribution >= 0.6 is 11.8 Å². The SMILES string of the molecule is COc1ccc2c(C)cc3nnc(SCC(=O)N(C)CCC#N)n3c2c1. The van der Waals surface area contributed by atoms with Gasteiger partial charge in [0.1, 0.15) is 5.75 Å². The number of aromatic nitrogens is 3. The van der Waals surface area contributed by atoms with E-state index in [2.05, 4.69) is 10.2 Å². The number of hydrogen-bond donors (Lipinski definition) is 0. The molecular weight excluding hydrogens is 350 g/mol. The number of pyridine rings is 1. The number of thioether (sulfide) groups is 1. The Morgan fingerprint density at radius 1 is 1.38 bits per heavy atom. The van der Waals surface area contributed by atoms with Crippen LogP contribution in [0.2, 0.25) is 0 Å². The summed E-state index contributed by atoms with van der Waals surface area (Å²) < 4.78 is 7.29. The molecule has 0 saturated carbocycles. The van der Waals surface area contributed by atoms with Crippen molar-refractivity contribution in [2.45, 2.75) is 18.5 Å². The van der Waals surface area contributed by atoms with Crippen LogP contribution in [0.1, 0.15) is 12.0 Å². The zero-order chi connectivity index (χ0) is 18.7. The number of aryl methyl sites for hydroxylation is 1. The van der Waals surface area contributed by atoms with E-state index in [1.807, 2.05) is 41.7 Å². The molecule has 0 radical (unpaired) electrons. The van der Waals surface area contributed by atoms with E-state index in [0.717, 1.165) is 27.9 Å². The summed E-state index contributed by atoms with van der Waals surface area (Å²) in [5, 5.41) is 18.9. The Morgan fingerprint density at radius 2 is 2.19 bits per heavy atom. The Morgan fingerprint density at radius 3 is 2.92 bits per heavy atom. The van der Waals surface area contributed by atoms with Crippen LogP contribution in [0.5, 0.6) is 5.75 Å². The minimum absolute atomic E-state index is 0.0454. The van der Waals surface area contributed by atoms with Crippen LogP contribution in [0.15, 0.2) is 29.4 Å². The van der Waals surface area contributed by atoms with Crippen LogP contribution in [0.25, 0.3) is 16.6 Å². The van der Waals surface area contributed by atoms with E-state index in [-0.39, 0.29) is 11.7 Å². The molecule has 134 valence electrons. The zero-order valence-corrected chi connectivity index (χ0v) is 15.7. The molecule has 1 aromatic carbocycles. The molecule has 0 bridgehead atoms. The summed E-state index contributed by atoms with van der Waals surface area (Å²) >= 11 is 1.34. The van der Waals surface area contributed by atoms with Gasteiger partial charge < -0.3 is 9.64 Å². The molecule has 0 N–H and O–H groups in total. The van der Waals surface area contributed by atoms with Crippen molar-refractivity contribution in [2.24, 2.45) is 0 Å². The van der Waals surface area contributed by atoms with Gasteiger partial charge in [-0.15, -0.1) is 10.2 Å². The van der Waals surface area contributed by atoms with Gasteiger partial charge >= 0.3 is 0 Å². The fourth-order valence-corrected chi connectivity index (χ4v) is 3.59. The lowest BCUT2D eigenvalue weighted by Gasteiger charge is -2.14. The van der Waals surface area contributed by atoms with Crippen molar-refractivity contribution in [1.82, 2.24) is 19.5 Å². The predicted molar refractivity (Wildman–Crippen MR) is 100 cm³/mol.